The van der Waals surface area contributed by atoms with Gasteiger partial charge in [0.2, 0.25) is 0 Å². The van der Waals surface area contributed by atoms with E-state index in [9.17, 15) is 0 Å². The van der Waals surface area contributed by atoms with Crippen LogP contribution in [-0.2, 0) is 0 Å². The lowest BCUT2D eigenvalue weighted by Gasteiger charge is -2.21. The summed E-state index contributed by atoms with van der Waals surface area (Å²) in [6, 6.07) is 0. The van der Waals surface area contributed by atoms with Crippen molar-refractivity contribution in [2.75, 3.05) is 6.61 Å². The number of hydrogen-bond donors (Lipinski definition) is 1. The molecule has 0 amide bonds. The molecule has 0 aromatic carbocycles. The summed E-state index contributed by atoms with van der Waals surface area (Å²) in [5, 5.41) is 8.83. The van der Waals surface area contributed by atoms with Crippen molar-refractivity contribution in [3.63, 3.8) is 0 Å². The SMILES string of the molecule is CC=C1CCC(CO)CC1. The second-order valence-corrected chi connectivity index (χ2v) is 3.07. The Hall–Kier alpha value is -0.300. The monoisotopic (exact) mass is 140 g/mol. The maximum Gasteiger partial charge on any atom is 0.0459 e. The Balaban J connectivity index is 2.31. The molecule has 1 nitrogen and oxygen atoms in total. The van der Waals surface area contributed by atoms with Gasteiger partial charge in [-0.2, -0.15) is 0 Å². The van der Waals surface area contributed by atoms with Crippen LogP contribution in [0.15, 0.2) is 11.6 Å². The van der Waals surface area contributed by atoms with E-state index in [1.165, 1.54) is 25.7 Å². The normalized spacial score (nSPS) is 26.6. The summed E-state index contributed by atoms with van der Waals surface area (Å²) in [5.41, 5.74) is 1.57. The first kappa shape index (κ1) is 7.80. The summed E-state index contributed by atoms with van der Waals surface area (Å²) >= 11 is 0. The summed E-state index contributed by atoms with van der Waals surface area (Å²) in [6.07, 6.45) is 7.02. The van der Waals surface area contributed by atoms with Crippen molar-refractivity contribution >= 4 is 0 Å². The molecular formula is C9H16O. The molecule has 0 aromatic heterocycles. The van der Waals surface area contributed by atoms with E-state index in [4.69, 9.17) is 5.11 Å². The van der Waals surface area contributed by atoms with Crippen LogP contribution >= 0.6 is 0 Å². The van der Waals surface area contributed by atoms with Crippen molar-refractivity contribution in [2.45, 2.75) is 32.6 Å². The molecule has 0 radical (unpaired) electrons. The van der Waals surface area contributed by atoms with Gasteiger partial charge in [-0.1, -0.05) is 11.6 Å². The molecule has 1 aliphatic carbocycles. The standard InChI is InChI=1S/C9H16O/c1-2-8-3-5-9(7-10)6-4-8/h2,9-10H,3-7H2,1H3. The Morgan fingerprint density at radius 3 is 2.50 bits per heavy atom. The van der Waals surface area contributed by atoms with Crippen molar-refractivity contribution < 1.29 is 5.11 Å². The molecule has 0 unspecified atom stereocenters. The topological polar surface area (TPSA) is 20.2 Å². The van der Waals surface area contributed by atoms with Gasteiger partial charge < -0.3 is 5.11 Å². The fraction of sp³-hybridized carbons (Fsp3) is 0.778. The van der Waals surface area contributed by atoms with E-state index in [-0.39, 0.29) is 0 Å². The van der Waals surface area contributed by atoms with Crippen LogP contribution < -0.4 is 0 Å². The summed E-state index contributed by atoms with van der Waals surface area (Å²) in [4.78, 5) is 0. The number of rotatable bonds is 1. The zero-order valence-corrected chi connectivity index (χ0v) is 6.64. The molecule has 0 bridgehead atoms. The third-order valence-electron chi connectivity index (χ3n) is 2.41. The highest BCUT2D eigenvalue weighted by molar-refractivity contribution is 5.03. The third-order valence-corrected chi connectivity index (χ3v) is 2.41. The van der Waals surface area contributed by atoms with Gasteiger partial charge in [0.25, 0.3) is 0 Å². The average Bonchev–Trinajstić information content (AvgIpc) is 2.05. The second kappa shape index (κ2) is 3.77. The molecule has 0 aliphatic heterocycles. The molecule has 0 saturated heterocycles. The van der Waals surface area contributed by atoms with Crippen LogP contribution in [-0.4, -0.2) is 11.7 Å². The minimum absolute atomic E-state index is 0.386. The van der Waals surface area contributed by atoms with Crippen molar-refractivity contribution in [1.29, 1.82) is 0 Å². The van der Waals surface area contributed by atoms with Gasteiger partial charge in [-0.3, -0.25) is 0 Å². The van der Waals surface area contributed by atoms with E-state index >= 15 is 0 Å². The Bertz CT molecular complexity index is 117. The zero-order valence-electron chi connectivity index (χ0n) is 6.64. The molecule has 1 heteroatoms. The minimum atomic E-state index is 0.386. The van der Waals surface area contributed by atoms with Gasteiger partial charge in [0.05, 0.1) is 0 Å². The first-order valence-corrected chi connectivity index (χ1v) is 4.11. The molecule has 0 spiro atoms. The quantitative estimate of drug-likeness (QED) is 0.553. The highest BCUT2D eigenvalue weighted by atomic mass is 16.3. The van der Waals surface area contributed by atoms with Gasteiger partial charge in [-0.05, 0) is 38.5 Å². The first-order chi connectivity index (χ1) is 4.86. The van der Waals surface area contributed by atoms with Gasteiger partial charge in [0.15, 0.2) is 0 Å². The Kier molecular flexibility index (Phi) is 2.94. The highest BCUT2D eigenvalue weighted by Crippen LogP contribution is 2.27. The van der Waals surface area contributed by atoms with E-state index in [0.717, 1.165) is 0 Å². The number of aliphatic hydroxyl groups excluding tert-OH is 1. The molecule has 10 heavy (non-hydrogen) atoms. The van der Waals surface area contributed by atoms with Gasteiger partial charge in [0, 0.05) is 6.61 Å². The van der Waals surface area contributed by atoms with Crippen LogP contribution in [0.3, 0.4) is 0 Å². The van der Waals surface area contributed by atoms with Crippen molar-refractivity contribution in [3.8, 4) is 0 Å². The van der Waals surface area contributed by atoms with E-state index in [1.54, 1.807) is 5.57 Å². The van der Waals surface area contributed by atoms with Crippen molar-refractivity contribution in [2.24, 2.45) is 5.92 Å². The lowest BCUT2D eigenvalue weighted by atomic mass is 9.86. The molecule has 0 atom stereocenters. The molecule has 1 fully saturated rings. The molecule has 1 N–H and O–H groups in total. The Labute approximate surface area is 62.8 Å². The minimum Gasteiger partial charge on any atom is -0.396 e. The molecule has 1 aliphatic rings. The van der Waals surface area contributed by atoms with Crippen molar-refractivity contribution in [1.82, 2.24) is 0 Å². The van der Waals surface area contributed by atoms with E-state index in [0.29, 0.717) is 12.5 Å². The average molecular weight is 140 g/mol. The summed E-state index contributed by atoms with van der Waals surface area (Å²) in [6.45, 7) is 2.49. The summed E-state index contributed by atoms with van der Waals surface area (Å²) < 4.78 is 0. The van der Waals surface area contributed by atoms with E-state index in [2.05, 4.69) is 13.0 Å². The van der Waals surface area contributed by atoms with Crippen LogP contribution in [0.2, 0.25) is 0 Å². The van der Waals surface area contributed by atoms with Crippen LogP contribution in [0, 0.1) is 5.92 Å². The molecule has 0 heterocycles. The third kappa shape index (κ3) is 1.84. The zero-order chi connectivity index (χ0) is 7.40. The molecule has 0 aromatic rings. The van der Waals surface area contributed by atoms with Gasteiger partial charge in [0.1, 0.15) is 0 Å². The van der Waals surface area contributed by atoms with Crippen LogP contribution in [0.5, 0.6) is 0 Å². The molecule has 1 saturated carbocycles. The summed E-state index contributed by atoms with van der Waals surface area (Å²) in [7, 11) is 0. The Morgan fingerprint density at radius 1 is 1.50 bits per heavy atom. The summed E-state index contributed by atoms with van der Waals surface area (Å²) in [5.74, 6) is 0.587. The number of aliphatic hydroxyl groups is 1. The first-order valence-electron chi connectivity index (χ1n) is 4.11. The second-order valence-electron chi connectivity index (χ2n) is 3.07. The molecule has 58 valence electrons. The fourth-order valence-electron chi connectivity index (χ4n) is 1.52. The van der Waals surface area contributed by atoms with E-state index in [1.807, 2.05) is 0 Å². The molecule has 1 rings (SSSR count). The predicted molar refractivity (Wildman–Crippen MR) is 42.8 cm³/mol. The smallest absolute Gasteiger partial charge is 0.0459 e. The van der Waals surface area contributed by atoms with Crippen molar-refractivity contribution in [3.05, 3.63) is 11.6 Å². The highest BCUT2D eigenvalue weighted by Gasteiger charge is 2.14. The molecular weight excluding hydrogens is 124 g/mol. The van der Waals surface area contributed by atoms with Gasteiger partial charge in [-0.25, -0.2) is 0 Å². The Morgan fingerprint density at radius 2 is 2.10 bits per heavy atom. The number of hydrogen-bond acceptors (Lipinski definition) is 1. The number of allylic oxidation sites excluding steroid dienone is 2. The predicted octanol–water partition coefficient (Wildman–Crippen LogP) is 2.12. The fourth-order valence-corrected chi connectivity index (χ4v) is 1.52. The largest absolute Gasteiger partial charge is 0.396 e. The van der Waals surface area contributed by atoms with Gasteiger partial charge >= 0.3 is 0 Å². The maximum absolute atomic E-state index is 8.83. The van der Waals surface area contributed by atoms with Gasteiger partial charge in [-0.15, -0.1) is 0 Å². The lowest BCUT2D eigenvalue weighted by molar-refractivity contribution is 0.202. The maximum atomic E-state index is 8.83. The van der Waals surface area contributed by atoms with Crippen LogP contribution in [0.25, 0.3) is 0 Å². The van der Waals surface area contributed by atoms with Crippen LogP contribution in [0.4, 0.5) is 0 Å². The lowest BCUT2D eigenvalue weighted by Crippen LogP contribution is -2.11. The van der Waals surface area contributed by atoms with Crippen LogP contribution in [0.1, 0.15) is 32.6 Å². The van der Waals surface area contributed by atoms with E-state index < -0.39 is 0 Å².